The van der Waals surface area contributed by atoms with E-state index in [0.717, 1.165) is 5.56 Å². The fraction of sp³-hybridized carbons (Fsp3) is 0.115. The highest BCUT2D eigenvalue weighted by Gasteiger charge is 2.27. The SMILES string of the molecule is CCOc1cc(/C=C2\C(=O)ON=C2c2ccccc2)ccc1OC(=O)c1ccccc1OC. The smallest absolute Gasteiger partial charge is 0.368 e. The van der Waals surface area contributed by atoms with Crippen molar-refractivity contribution in [3.63, 3.8) is 0 Å². The summed E-state index contributed by atoms with van der Waals surface area (Å²) in [4.78, 5) is 29.9. The second-order valence-corrected chi connectivity index (χ2v) is 6.97. The number of para-hydroxylation sites is 1. The zero-order chi connectivity index (χ0) is 23.2. The van der Waals surface area contributed by atoms with Gasteiger partial charge in [-0.3, -0.25) is 0 Å². The molecule has 33 heavy (non-hydrogen) atoms. The van der Waals surface area contributed by atoms with Gasteiger partial charge in [0.15, 0.2) is 11.5 Å². The zero-order valence-corrected chi connectivity index (χ0v) is 18.1. The molecule has 0 N–H and O–H groups in total. The highest BCUT2D eigenvalue weighted by Crippen LogP contribution is 2.32. The quantitative estimate of drug-likeness (QED) is 0.229. The summed E-state index contributed by atoms with van der Waals surface area (Å²) in [5.74, 6) is -0.0920. The van der Waals surface area contributed by atoms with Crippen molar-refractivity contribution in [2.24, 2.45) is 5.16 Å². The fourth-order valence-electron chi connectivity index (χ4n) is 3.32. The lowest BCUT2D eigenvalue weighted by molar-refractivity contribution is -0.136. The lowest BCUT2D eigenvalue weighted by Crippen LogP contribution is -2.11. The number of carbonyl (C=O) groups is 2. The zero-order valence-electron chi connectivity index (χ0n) is 18.1. The number of hydrogen-bond donors (Lipinski definition) is 0. The average molecular weight is 443 g/mol. The summed E-state index contributed by atoms with van der Waals surface area (Å²) >= 11 is 0. The molecule has 0 spiro atoms. The first-order chi connectivity index (χ1) is 16.1. The molecule has 0 radical (unpaired) electrons. The summed E-state index contributed by atoms with van der Waals surface area (Å²) < 4.78 is 16.5. The molecule has 0 saturated heterocycles. The Morgan fingerprint density at radius 2 is 1.73 bits per heavy atom. The van der Waals surface area contributed by atoms with Crippen molar-refractivity contribution >= 4 is 23.7 Å². The molecule has 4 rings (SSSR count). The predicted molar refractivity (Wildman–Crippen MR) is 123 cm³/mol. The second-order valence-electron chi connectivity index (χ2n) is 6.97. The first kappa shape index (κ1) is 21.8. The van der Waals surface area contributed by atoms with Gasteiger partial charge in [-0.2, -0.15) is 0 Å². The maximum absolute atomic E-state index is 12.7. The van der Waals surface area contributed by atoms with Gasteiger partial charge in [0.25, 0.3) is 0 Å². The Hall–Kier alpha value is -4.39. The van der Waals surface area contributed by atoms with Gasteiger partial charge in [0.05, 0.1) is 19.3 Å². The number of oxime groups is 1. The largest absolute Gasteiger partial charge is 0.496 e. The molecule has 0 aliphatic carbocycles. The Morgan fingerprint density at radius 1 is 0.970 bits per heavy atom. The molecule has 0 amide bonds. The molecule has 3 aromatic rings. The van der Waals surface area contributed by atoms with Crippen LogP contribution >= 0.6 is 0 Å². The molecule has 7 nitrogen and oxygen atoms in total. The van der Waals surface area contributed by atoms with Crippen LogP contribution in [0.2, 0.25) is 0 Å². The van der Waals surface area contributed by atoms with Crippen LogP contribution < -0.4 is 14.2 Å². The normalized spacial score (nSPS) is 13.9. The molecular weight excluding hydrogens is 422 g/mol. The first-order valence-electron chi connectivity index (χ1n) is 10.3. The van der Waals surface area contributed by atoms with E-state index in [9.17, 15) is 9.59 Å². The van der Waals surface area contributed by atoms with Crippen LogP contribution in [0.5, 0.6) is 17.2 Å². The summed E-state index contributed by atoms with van der Waals surface area (Å²) in [5, 5.41) is 3.92. The number of esters is 1. The van der Waals surface area contributed by atoms with Gasteiger partial charge in [0, 0.05) is 5.56 Å². The van der Waals surface area contributed by atoms with E-state index >= 15 is 0 Å². The van der Waals surface area contributed by atoms with Gasteiger partial charge in [0.1, 0.15) is 17.0 Å². The van der Waals surface area contributed by atoms with Crippen LogP contribution in [-0.4, -0.2) is 31.4 Å². The molecule has 0 fully saturated rings. The fourth-order valence-corrected chi connectivity index (χ4v) is 3.32. The maximum atomic E-state index is 12.7. The van der Waals surface area contributed by atoms with Crippen LogP contribution in [0.1, 0.15) is 28.4 Å². The highest BCUT2D eigenvalue weighted by atomic mass is 16.7. The summed E-state index contributed by atoms with van der Waals surface area (Å²) in [7, 11) is 1.49. The van der Waals surface area contributed by atoms with Crippen LogP contribution in [0.15, 0.2) is 83.5 Å². The topological polar surface area (TPSA) is 83.4 Å². The number of methoxy groups -OCH3 is 1. The highest BCUT2D eigenvalue weighted by molar-refractivity contribution is 6.31. The van der Waals surface area contributed by atoms with Crippen molar-refractivity contribution in [2.45, 2.75) is 6.92 Å². The van der Waals surface area contributed by atoms with Crippen LogP contribution in [-0.2, 0) is 9.63 Å². The van der Waals surface area contributed by atoms with E-state index in [2.05, 4.69) is 5.16 Å². The Morgan fingerprint density at radius 3 is 2.48 bits per heavy atom. The minimum absolute atomic E-state index is 0.251. The van der Waals surface area contributed by atoms with Crippen LogP contribution in [0, 0.1) is 0 Å². The predicted octanol–water partition coefficient (Wildman–Crippen LogP) is 4.66. The lowest BCUT2D eigenvalue weighted by atomic mass is 10.0. The van der Waals surface area contributed by atoms with Crippen LogP contribution in [0.4, 0.5) is 0 Å². The Balaban J connectivity index is 1.64. The average Bonchev–Trinajstić information content (AvgIpc) is 3.21. The van der Waals surface area contributed by atoms with E-state index in [0.29, 0.717) is 40.5 Å². The molecule has 0 unspecified atom stereocenters. The van der Waals surface area contributed by atoms with Crippen molar-refractivity contribution in [2.75, 3.05) is 13.7 Å². The molecular formula is C26H21NO6. The van der Waals surface area contributed by atoms with E-state index < -0.39 is 11.9 Å². The Labute approximate surface area is 190 Å². The number of nitrogens with zero attached hydrogens (tertiary/aromatic N) is 1. The van der Waals surface area contributed by atoms with Gasteiger partial charge in [-0.15, -0.1) is 0 Å². The summed E-state index contributed by atoms with van der Waals surface area (Å²) in [6.45, 7) is 2.18. The summed E-state index contributed by atoms with van der Waals surface area (Å²) in [6.07, 6.45) is 1.66. The summed E-state index contributed by atoms with van der Waals surface area (Å²) in [5.41, 5.74) is 2.49. The molecule has 1 aliphatic rings. The van der Waals surface area contributed by atoms with E-state index in [4.69, 9.17) is 19.0 Å². The van der Waals surface area contributed by atoms with Gasteiger partial charge >= 0.3 is 11.9 Å². The van der Waals surface area contributed by atoms with Crippen molar-refractivity contribution in [1.82, 2.24) is 0 Å². The minimum Gasteiger partial charge on any atom is -0.496 e. The van der Waals surface area contributed by atoms with Gasteiger partial charge in [0.2, 0.25) is 0 Å². The van der Waals surface area contributed by atoms with E-state index in [-0.39, 0.29) is 5.75 Å². The van der Waals surface area contributed by atoms with Crippen molar-refractivity contribution in [1.29, 1.82) is 0 Å². The van der Waals surface area contributed by atoms with Crippen LogP contribution in [0.25, 0.3) is 6.08 Å². The molecule has 1 heterocycles. The number of ether oxygens (including phenoxy) is 3. The molecule has 0 aromatic heterocycles. The van der Waals surface area contributed by atoms with Gasteiger partial charge in [-0.05, 0) is 42.8 Å². The number of rotatable bonds is 7. The third kappa shape index (κ3) is 4.77. The van der Waals surface area contributed by atoms with Crippen molar-refractivity contribution < 1.29 is 28.6 Å². The second kappa shape index (κ2) is 9.82. The molecule has 166 valence electrons. The Bertz CT molecular complexity index is 1250. The standard InChI is InChI=1S/C26H21NO6/c1-3-31-23-16-17(15-20-24(27-33-26(20)29)18-9-5-4-6-10-18)13-14-22(23)32-25(28)19-11-7-8-12-21(19)30-2/h4-16H,3H2,1-2H3/b20-15-. The van der Waals surface area contributed by atoms with Crippen LogP contribution in [0.3, 0.4) is 0 Å². The number of hydrogen-bond acceptors (Lipinski definition) is 7. The third-order valence-corrected chi connectivity index (χ3v) is 4.85. The molecule has 1 aliphatic heterocycles. The number of carbonyl (C=O) groups excluding carboxylic acids is 2. The van der Waals surface area contributed by atoms with Crippen molar-refractivity contribution in [3.05, 3.63) is 95.1 Å². The van der Waals surface area contributed by atoms with E-state index in [1.54, 1.807) is 48.5 Å². The monoisotopic (exact) mass is 443 g/mol. The van der Waals surface area contributed by atoms with Gasteiger partial charge < -0.3 is 19.0 Å². The Kier molecular flexibility index (Phi) is 6.50. The molecule has 0 bridgehead atoms. The van der Waals surface area contributed by atoms with E-state index in [1.165, 1.54) is 7.11 Å². The first-order valence-corrected chi connectivity index (χ1v) is 10.3. The van der Waals surface area contributed by atoms with Gasteiger partial charge in [-0.1, -0.05) is 53.7 Å². The van der Waals surface area contributed by atoms with Crippen molar-refractivity contribution in [3.8, 4) is 17.2 Å². The summed E-state index contributed by atoms with van der Waals surface area (Å²) in [6, 6.07) is 21.1. The maximum Gasteiger partial charge on any atom is 0.368 e. The lowest BCUT2D eigenvalue weighted by Gasteiger charge is -2.13. The molecule has 0 atom stereocenters. The number of benzene rings is 3. The van der Waals surface area contributed by atoms with E-state index in [1.807, 2.05) is 37.3 Å². The molecule has 7 heteroatoms. The third-order valence-electron chi connectivity index (χ3n) is 4.85. The minimum atomic E-state index is -0.572. The molecule has 3 aromatic carbocycles. The molecule has 0 saturated carbocycles. The van der Waals surface area contributed by atoms with Gasteiger partial charge in [-0.25, -0.2) is 9.59 Å².